The Kier molecular flexibility index (Phi) is 12.1. The molecule has 0 atom stereocenters. The molecular weight excluding hydrogens is 471 g/mol. The average molecular weight is 502 g/mol. The maximum Gasteiger partial charge on any atom is 0.191 e. The summed E-state index contributed by atoms with van der Waals surface area (Å²) < 4.78 is 5.77. The van der Waals surface area contributed by atoms with Gasteiger partial charge in [0.05, 0.1) is 13.2 Å². The summed E-state index contributed by atoms with van der Waals surface area (Å²) in [6, 6.07) is 10.4. The predicted molar refractivity (Wildman–Crippen MR) is 126 cm³/mol. The average Bonchev–Trinajstić information content (AvgIpc) is 3.15. The van der Waals surface area contributed by atoms with Crippen molar-refractivity contribution in [3.63, 3.8) is 0 Å². The molecule has 2 N–H and O–H groups in total. The summed E-state index contributed by atoms with van der Waals surface area (Å²) in [5, 5.41) is 10.9. The second-order valence-corrected chi connectivity index (χ2v) is 7.11. The smallest absolute Gasteiger partial charge is 0.191 e. The molecule has 0 amide bonds. The van der Waals surface area contributed by atoms with Gasteiger partial charge in [-0.3, -0.25) is 0 Å². The van der Waals surface area contributed by atoms with Crippen molar-refractivity contribution in [3.05, 3.63) is 52.2 Å². The van der Waals surface area contributed by atoms with E-state index < -0.39 is 0 Å². The largest absolute Gasteiger partial charge is 0.494 e. The number of halogens is 1. The van der Waals surface area contributed by atoms with E-state index in [1.54, 1.807) is 11.3 Å². The van der Waals surface area contributed by atoms with E-state index in [0.29, 0.717) is 6.54 Å². The Balaban J connectivity index is 0.00000364. The van der Waals surface area contributed by atoms with E-state index in [2.05, 4.69) is 70.5 Å². The maximum atomic E-state index is 5.77. The lowest BCUT2D eigenvalue weighted by Crippen LogP contribution is -2.36. The summed E-state index contributed by atoms with van der Waals surface area (Å²) in [5.41, 5.74) is 2.44. The van der Waals surface area contributed by atoms with Gasteiger partial charge < -0.3 is 20.3 Å². The van der Waals surface area contributed by atoms with Crippen LogP contribution in [0.5, 0.6) is 5.75 Å². The van der Waals surface area contributed by atoms with Gasteiger partial charge in [0.2, 0.25) is 0 Å². The van der Waals surface area contributed by atoms with E-state index in [-0.39, 0.29) is 24.0 Å². The van der Waals surface area contributed by atoms with Gasteiger partial charge in [-0.15, -0.1) is 24.0 Å². The van der Waals surface area contributed by atoms with E-state index in [0.717, 1.165) is 44.4 Å². The SMILES string of the molecule is CCNC(=NCc1ccsc1)NCc1ccc(OCCCN(C)C)cc1.I. The summed E-state index contributed by atoms with van der Waals surface area (Å²) in [5.74, 6) is 1.76. The van der Waals surface area contributed by atoms with Gasteiger partial charge in [-0.25, -0.2) is 4.99 Å². The number of guanidine groups is 1. The van der Waals surface area contributed by atoms with Crippen LogP contribution < -0.4 is 15.4 Å². The fourth-order valence-corrected chi connectivity index (χ4v) is 3.01. The quantitative estimate of drug-likeness (QED) is 0.224. The van der Waals surface area contributed by atoms with Gasteiger partial charge >= 0.3 is 0 Å². The molecular formula is C20H31IN4OS. The molecule has 150 valence electrons. The van der Waals surface area contributed by atoms with Crippen molar-refractivity contribution in [1.82, 2.24) is 15.5 Å². The van der Waals surface area contributed by atoms with Crippen molar-refractivity contribution in [2.75, 3.05) is 33.8 Å². The van der Waals surface area contributed by atoms with Crippen LogP contribution in [-0.4, -0.2) is 44.7 Å². The molecule has 1 aromatic carbocycles. The maximum absolute atomic E-state index is 5.77. The Bertz CT molecular complexity index is 645. The molecule has 0 radical (unpaired) electrons. The zero-order valence-electron chi connectivity index (χ0n) is 16.4. The molecule has 2 rings (SSSR count). The van der Waals surface area contributed by atoms with Crippen molar-refractivity contribution < 1.29 is 4.74 Å². The van der Waals surface area contributed by atoms with Crippen LogP contribution in [0.4, 0.5) is 0 Å². The Labute approximate surface area is 184 Å². The molecule has 0 bridgehead atoms. The zero-order chi connectivity index (χ0) is 18.6. The lowest BCUT2D eigenvalue weighted by molar-refractivity contribution is 0.281. The van der Waals surface area contributed by atoms with Gasteiger partial charge in [-0.05, 0) is 67.5 Å². The molecule has 27 heavy (non-hydrogen) atoms. The van der Waals surface area contributed by atoms with Crippen molar-refractivity contribution in [2.24, 2.45) is 4.99 Å². The number of hydrogen-bond acceptors (Lipinski definition) is 4. The van der Waals surface area contributed by atoms with Gasteiger partial charge in [0.25, 0.3) is 0 Å². The highest BCUT2D eigenvalue weighted by Crippen LogP contribution is 2.12. The molecule has 1 aromatic heterocycles. The number of nitrogens with zero attached hydrogens (tertiary/aromatic N) is 2. The molecule has 0 spiro atoms. The third-order valence-electron chi connectivity index (χ3n) is 3.75. The minimum Gasteiger partial charge on any atom is -0.494 e. The first-order valence-corrected chi connectivity index (χ1v) is 10.0. The highest BCUT2D eigenvalue weighted by molar-refractivity contribution is 14.0. The van der Waals surface area contributed by atoms with Crippen molar-refractivity contribution in [2.45, 2.75) is 26.4 Å². The lowest BCUT2D eigenvalue weighted by atomic mass is 10.2. The highest BCUT2D eigenvalue weighted by atomic mass is 127. The molecule has 2 aromatic rings. The first kappa shape index (κ1) is 23.7. The number of aliphatic imine (C=N–C) groups is 1. The van der Waals surface area contributed by atoms with Crippen LogP contribution in [-0.2, 0) is 13.1 Å². The Morgan fingerprint density at radius 1 is 1.11 bits per heavy atom. The monoisotopic (exact) mass is 502 g/mol. The van der Waals surface area contributed by atoms with Crippen LogP contribution in [0.2, 0.25) is 0 Å². The fraction of sp³-hybridized carbons (Fsp3) is 0.450. The standard InChI is InChI=1S/C20H30N4OS.HI/c1-4-21-20(23-15-18-10-13-26-16-18)22-14-17-6-8-19(9-7-17)25-12-5-11-24(2)3;/h6-10,13,16H,4-5,11-12,14-15H2,1-3H3,(H2,21,22,23);1H. The van der Waals surface area contributed by atoms with Crippen LogP contribution >= 0.6 is 35.3 Å². The Hall–Kier alpha value is -1.32. The van der Waals surface area contributed by atoms with Crippen LogP contribution in [0.25, 0.3) is 0 Å². The fourth-order valence-electron chi connectivity index (χ4n) is 2.35. The lowest BCUT2D eigenvalue weighted by Gasteiger charge is -2.12. The molecule has 0 saturated carbocycles. The summed E-state index contributed by atoms with van der Waals surface area (Å²) in [6.45, 7) is 6.13. The summed E-state index contributed by atoms with van der Waals surface area (Å²) in [7, 11) is 4.15. The molecule has 0 aliphatic carbocycles. The normalized spacial score (nSPS) is 11.2. The topological polar surface area (TPSA) is 48.9 Å². The van der Waals surface area contributed by atoms with E-state index in [1.807, 2.05) is 12.1 Å². The molecule has 0 aliphatic heterocycles. The van der Waals surface area contributed by atoms with E-state index in [9.17, 15) is 0 Å². The molecule has 5 nitrogen and oxygen atoms in total. The second kappa shape index (κ2) is 13.8. The van der Waals surface area contributed by atoms with E-state index >= 15 is 0 Å². The van der Waals surface area contributed by atoms with Gasteiger partial charge in [-0.2, -0.15) is 11.3 Å². The second-order valence-electron chi connectivity index (χ2n) is 6.33. The van der Waals surface area contributed by atoms with Crippen molar-refractivity contribution >= 4 is 41.3 Å². The van der Waals surface area contributed by atoms with Crippen LogP contribution in [0.15, 0.2) is 46.1 Å². The van der Waals surface area contributed by atoms with Gasteiger partial charge in [0, 0.05) is 19.6 Å². The van der Waals surface area contributed by atoms with E-state index in [1.165, 1.54) is 11.1 Å². The summed E-state index contributed by atoms with van der Waals surface area (Å²) in [4.78, 5) is 6.79. The van der Waals surface area contributed by atoms with E-state index in [4.69, 9.17) is 4.74 Å². The third kappa shape index (κ3) is 9.97. The minimum absolute atomic E-state index is 0. The molecule has 7 heteroatoms. The van der Waals surface area contributed by atoms with Crippen molar-refractivity contribution in [3.8, 4) is 5.75 Å². The van der Waals surface area contributed by atoms with Crippen LogP contribution in [0.1, 0.15) is 24.5 Å². The molecule has 0 aliphatic rings. The number of thiophene rings is 1. The molecule has 1 heterocycles. The first-order valence-electron chi connectivity index (χ1n) is 9.07. The van der Waals surface area contributed by atoms with Gasteiger partial charge in [0.1, 0.15) is 5.75 Å². The molecule has 0 saturated heterocycles. The number of benzene rings is 1. The minimum atomic E-state index is 0. The van der Waals surface area contributed by atoms with Crippen molar-refractivity contribution in [1.29, 1.82) is 0 Å². The van der Waals surface area contributed by atoms with Crippen LogP contribution in [0, 0.1) is 0 Å². The highest BCUT2D eigenvalue weighted by Gasteiger charge is 2.00. The predicted octanol–water partition coefficient (Wildman–Crippen LogP) is 3.95. The molecule has 0 fully saturated rings. The summed E-state index contributed by atoms with van der Waals surface area (Å²) >= 11 is 1.70. The number of hydrogen-bond donors (Lipinski definition) is 2. The number of nitrogens with one attached hydrogen (secondary N) is 2. The Morgan fingerprint density at radius 3 is 2.52 bits per heavy atom. The van der Waals surface area contributed by atoms with Crippen LogP contribution in [0.3, 0.4) is 0 Å². The zero-order valence-corrected chi connectivity index (χ0v) is 19.6. The Morgan fingerprint density at radius 2 is 1.89 bits per heavy atom. The third-order valence-corrected chi connectivity index (χ3v) is 4.48. The van der Waals surface area contributed by atoms with Gasteiger partial charge in [-0.1, -0.05) is 12.1 Å². The number of ether oxygens (including phenoxy) is 1. The van der Waals surface area contributed by atoms with Gasteiger partial charge in [0.15, 0.2) is 5.96 Å². The summed E-state index contributed by atoms with van der Waals surface area (Å²) in [6.07, 6.45) is 1.03. The first-order chi connectivity index (χ1) is 12.7. The molecule has 0 unspecified atom stereocenters. The number of rotatable bonds is 10.